The summed E-state index contributed by atoms with van der Waals surface area (Å²) in [6.45, 7) is 1.38. The molecule has 3 rings (SSSR count). The van der Waals surface area contributed by atoms with E-state index in [4.69, 9.17) is 4.74 Å². The monoisotopic (exact) mass is 446 g/mol. The molecule has 0 bridgehead atoms. The minimum Gasteiger partial charge on any atom is -0.496 e. The maximum atomic E-state index is 13.9. The molecular weight excluding hydrogens is 423 g/mol. The zero-order valence-corrected chi connectivity index (χ0v) is 18.1. The number of sulfonamides is 1. The third-order valence-electron chi connectivity index (χ3n) is 4.70. The summed E-state index contributed by atoms with van der Waals surface area (Å²) >= 11 is 0. The molecule has 0 saturated carbocycles. The molecular formula is C21H23FN4O4S. The van der Waals surface area contributed by atoms with Crippen LogP contribution in [-0.2, 0) is 21.9 Å². The van der Waals surface area contributed by atoms with E-state index in [-0.39, 0.29) is 0 Å². The quantitative estimate of drug-likeness (QED) is 0.552. The van der Waals surface area contributed by atoms with Gasteiger partial charge in [0.05, 0.1) is 13.2 Å². The number of halogens is 1. The predicted molar refractivity (Wildman–Crippen MR) is 112 cm³/mol. The molecule has 10 heteroatoms. The van der Waals surface area contributed by atoms with Crippen LogP contribution in [0.2, 0.25) is 0 Å². The van der Waals surface area contributed by atoms with Gasteiger partial charge in [0.2, 0.25) is 15.9 Å². The number of aryl methyl sites for hydroxylation is 1. The first-order chi connectivity index (χ1) is 14.7. The fourth-order valence-corrected chi connectivity index (χ4v) is 4.40. The number of imidazole rings is 1. The normalized spacial score (nSPS) is 13.4. The summed E-state index contributed by atoms with van der Waals surface area (Å²) in [5.74, 6) is -0.446. The zero-order valence-electron chi connectivity index (χ0n) is 17.2. The number of benzene rings is 2. The van der Waals surface area contributed by atoms with Gasteiger partial charge in [-0.2, -0.15) is 4.72 Å². The lowest BCUT2D eigenvalue weighted by Gasteiger charge is -2.23. The molecule has 1 aromatic heterocycles. The lowest BCUT2D eigenvalue weighted by atomic mass is 10.0. The molecule has 0 aliphatic heterocycles. The summed E-state index contributed by atoms with van der Waals surface area (Å²) in [5, 5.41) is 2.82. The van der Waals surface area contributed by atoms with Crippen molar-refractivity contribution in [1.29, 1.82) is 0 Å². The molecule has 2 N–H and O–H groups in total. The van der Waals surface area contributed by atoms with E-state index in [0.717, 1.165) is 12.1 Å². The van der Waals surface area contributed by atoms with Crippen LogP contribution < -0.4 is 14.8 Å². The molecule has 0 unspecified atom stereocenters. The number of hydrogen-bond acceptors (Lipinski definition) is 5. The smallest absolute Gasteiger partial charge is 0.244 e. The van der Waals surface area contributed by atoms with E-state index in [2.05, 4.69) is 15.0 Å². The number of nitrogens with one attached hydrogen (secondary N) is 2. The molecule has 0 aliphatic carbocycles. The van der Waals surface area contributed by atoms with E-state index >= 15 is 0 Å². The van der Waals surface area contributed by atoms with E-state index in [9.17, 15) is 17.6 Å². The largest absolute Gasteiger partial charge is 0.496 e. The van der Waals surface area contributed by atoms with Gasteiger partial charge in [-0.05, 0) is 25.1 Å². The summed E-state index contributed by atoms with van der Waals surface area (Å²) in [7, 11) is -0.948. The average molecular weight is 447 g/mol. The first-order valence-corrected chi connectivity index (χ1v) is 10.9. The Balaban J connectivity index is 1.87. The van der Waals surface area contributed by atoms with Crippen LogP contribution in [0.1, 0.15) is 24.4 Å². The van der Waals surface area contributed by atoms with Gasteiger partial charge in [-0.25, -0.2) is 17.8 Å². The number of amides is 1. The number of carbonyl (C=O) groups excluding carboxylic acids is 1. The highest BCUT2D eigenvalue weighted by Gasteiger charge is 2.29. The number of para-hydroxylation sites is 1. The Morgan fingerprint density at radius 1 is 1.16 bits per heavy atom. The van der Waals surface area contributed by atoms with Gasteiger partial charge >= 0.3 is 0 Å². The molecule has 31 heavy (non-hydrogen) atoms. The first-order valence-electron chi connectivity index (χ1n) is 9.42. The Hall–Kier alpha value is -3.24. The fourth-order valence-electron chi connectivity index (χ4n) is 3.12. The predicted octanol–water partition coefficient (Wildman–Crippen LogP) is 2.14. The fraction of sp³-hybridized carbons (Fsp3) is 0.238. The van der Waals surface area contributed by atoms with Gasteiger partial charge in [-0.1, -0.05) is 30.3 Å². The maximum absolute atomic E-state index is 13.9. The van der Waals surface area contributed by atoms with Crippen LogP contribution in [0.25, 0.3) is 0 Å². The van der Waals surface area contributed by atoms with Crippen LogP contribution in [0.3, 0.4) is 0 Å². The standard InChI is InChI=1S/C21H23FN4O4S/c1-14(25-31(28,29)18-11-7-5-9-16(18)22)21(27)24-19(20-23-12-13-26(20)2)15-8-4-6-10-17(15)30-3/h4-14,19,25H,1-3H3,(H,24,27)/t14-,19-/m0/s1. The number of carbonyl (C=O) groups is 1. The molecule has 0 radical (unpaired) electrons. The lowest BCUT2D eigenvalue weighted by molar-refractivity contribution is -0.122. The number of hydrogen-bond donors (Lipinski definition) is 2. The van der Waals surface area contributed by atoms with Gasteiger partial charge in [0.15, 0.2) is 0 Å². The van der Waals surface area contributed by atoms with Crippen molar-refractivity contribution >= 4 is 15.9 Å². The molecule has 0 aliphatic rings. The number of ether oxygens (including phenoxy) is 1. The highest BCUT2D eigenvalue weighted by Crippen LogP contribution is 2.29. The van der Waals surface area contributed by atoms with Gasteiger partial charge < -0.3 is 14.6 Å². The second-order valence-electron chi connectivity index (χ2n) is 6.85. The average Bonchev–Trinajstić information content (AvgIpc) is 3.17. The minimum absolute atomic E-state index is 0.528. The highest BCUT2D eigenvalue weighted by molar-refractivity contribution is 7.89. The minimum atomic E-state index is -4.24. The van der Waals surface area contributed by atoms with Crippen LogP contribution in [-0.4, -0.2) is 37.0 Å². The molecule has 8 nitrogen and oxygen atoms in total. The molecule has 2 atom stereocenters. The number of rotatable bonds is 8. The second-order valence-corrected chi connectivity index (χ2v) is 8.54. The summed E-state index contributed by atoms with van der Waals surface area (Å²) < 4.78 is 48.4. The van der Waals surface area contributed by atoms with Gasteiger partial charge in [0.1, 0.15) is 28.3 Å². The molecule has 3 aromatic rings. The third kappa shape index (κ3) is 4.92. The molecule has 164 valence electrons. The van der Waals surface area contributed by atoms with Crippen LogP contribution in [0.4, 0.5) is 4.39 Å². The Kier molecular flexibility index (Phi) is 6.71. The lowest BCUT2D eigenvalue weighted by Crippen LogP contribution is -2.46. The van der Waals surface area contributed by atoms with Crippen molar-refractivity contribution in [3.63, 3.8) is 0 Å². The summed E-state index contributed by atoms with van der Waals surface area (Å²) in [6, 6.07) is 10.2. The zero-order chi connectivity index (χ0) is 22.6. The van der Waals surface area contributed by atoms with E-state index in [1.807, 2.05) is 0 Å². The SMILES string of the molecule is COc1ccccc1[C@H](NC(=O)[C@H](C)NS(=O)(=O)c1ccccc1F)c1nccn1C. The molecule has 0 spiro atoms. The Morgan fingerprint density at radius 2 is 1.84 bits per heavy atom. The van der Waals surface area contributed by atoms with Crippen molar-refractivity contribution in [3.05, 3.63) is 78.1 Å². The van der Waals surface area contributed by atoms with Gasteiger partial charge in [-0.15, -0.1) is 0 Å². The second kappa shape index (κ2) is 9.27. The Bertz CT molecular complexity index is 1180. The van der Waals surface area contributed by atoms with Crippen molar-refractivity contribution in [3.8, 4) is 5.75 Å². The molecule has 1 heterocycles. The van der Waals surface area contributed by atoms with Crippen LogP contribution in [0, 0.1) is 5.82 Å². The van der Waals surface area contributed by atoms with Gasteiger partial charge in [0, 0.05) is 25.0 Å². The number of aromatic nitrogens is 2. The van der Waals surface area contributed by atoms with E-state index in [1.54, 1.807) is 48.3 Å². The molecule has 0 fully saturated rings. The van der Waals surface area contributed by atoms with E-state index in [0.29, 0.717) is 17.1 Å². The molecule has 1 amide bonds. The Morgan fingerprint density at radius 3 is 2.48 bits per heavy atom. The van der Waals surface area contributed by atoms with Crippen molar-refractivity contribution in [2.75, 3.05) is 7.11 Å². The summed E-state index contributed by atoms with van der Waals surface area (Å²) in [5.41, 5.74) is 0.650. The molecule has 0 saturated heterocycles. The van der Waals surface area contributed by atoms with Crippen LogP contribution in [0.5, 0.6) is 5.75 Å². The summed E-state index contributed by atoms with van der Waals surface area (Å²) in [4.78, 5) is 16.7. The topological polar surface area (TPSA) is 102 Å². The van der Waals surface area contributed by atoms with E-state index in [1.165, 1.54) is 26.2 Å². The van der Waals surface area contributed by atoms with Gasteiger partial charge in [0.25, 0.3) is 0 Å². The third-order valence-corrected chi connectivity index (χ3v) is 6.28. The highest BCUT2D eigenvalue weighted by atomic mass is 32.2. The first kappa shape index (κ1) is 22.4. The summed E-state index contributed by atoms with van der Waals surface area (Å²) in [6.07, 6.45) is 3.32. The molecule has 2 aromatic carbocycles. The van der Waals surface area contributed by atoms with Crippen molar-refractivity contribution in [1.82, 2.24) is 19.6 Å². The number of methoxy groups -OCH3 is 1. The van der Waals surface area contributed by atoms with Crippen molar-refractivity contribution in [2.45, 2.75) is 23.9 Å². The number of nitrogens with zero attached hydrogens (tertiary/aromatic N) is 2. The van der Waals surface area contributed by atoms with Crippen LogP contribution >= 0.6 is 0 Å². The van der Waals surface area contributed by atoms with Crippen LogP contribution in [0.15, 0.2) is 65.8 Å². The van der Waals surface area contributed by atoms with Crippen molar-refractivity contribution < 1.29 is 22.3 Å². The Labute approximate surface area is 180 Å². The maximum Gasteiger partial charge on any atom is 0.244 e. The van der Waals surface area contributed by atoms with E-state index < -0.39 is 38.7 Å². The van der Waals surface area contributed by atoms with Crippen molar-refractivity contribution in [2.24, 2.45) is 7.05 Å². The van der Waals surface area contributed by atoms with Gasteiger partial charge in [-0.3, -0.25) is 4.79 Å².